The van der Waals surface area contributed by atoms with Gasteiger partial charge in [0.05, 0.1) is 12.2 Å². The Balaban J connectivity index is 2.89. The Morgan fingerprint density at radius 1 is 1.23 bits per heavy atom. The smallest absolute Gasteiger partial charge is 0.306 e. The summed E-state index contributed by atoms with van der Waals surface area (Å²) < 4.78 is 12.1. The zero-order chi connectivity index (χ0) is 23.3. The van der Waals surface area contributed by atoms with Crippen LogP contribution in [0.2, 0.25) is 18.1 Å². The van der Waals surface area contributed by atoms with Crippen molar-refractivity contribution in [1.29, 1.82) is 0 Å². The van der Waals surface area contributed by atoms with Crippen LogP contribution in [0.3, 0.4) is 0 Å². The Morgan fingerprint density at radius 3 is 2.61 bits per heavy atom. The van der Waals surface area contributed by atoms with Gasteiger partial charge in [0.1, 0.15) is 6.10 Å². The lowest BCUT2D eigenvalue weighted by molar-refractivity contribution is -0.146. The van der Waals surface area contributed by atoms with Crippen molar-refractivity contribution < 1.29 is 19.1 Å². The minimum Gasteiger partial charge on any atom is -0.458 e. The monoisotopic (exact) mass is 448 g/mol. The molecule has 1 N–H and O–H groups in total. The summed E-state index contributed by atoms with van der Waals surface area (Å²) in [5.74, 6) is -0.176. The van der Waals surface area contributed by atoms with Crippen LogP contribution in [-0.2, 0) is 14.0 Å². The number of ether oxygens (including phenoxy) is 1. The number of carbonyl (C=O) groups excluding carboxylic acids is 1. The lowest BCUT2D eigenvalue weighted by Crippen LogP contribution is -2.46. The second-order valence-corrected chi connectivity index (χ2v) is 14.5. The van der Waals surface area contributed by atoms with Crippen LogP contribution in [0.5, 0.6) is 0 Å². The Bertz CT molecular complexity index is 640. The summed E-state index contributed by atoms with van der Waals surface area (Å²) >= 11 is 0. The lowest BCUT2D eigenvalue weighted by Gasteiger charge is -2.40. The molecular weight excluding hydrogens is 404 g/mol. The van der Waals surface area contributed by atoms with Crippen LogP contribution in [0.25, 0.3) is 0 Å². The maximum absolute atomic E-state index is 11.9. The van der Waals surface area contributed by atoms with E-state index >= 15 is 0 Å². The standard InChI is InChI=1S/C26H44O4Si/c1-7-8-9-10-11-15-18-24(30-31(5,6)26(2,3)4)23(27)21-20-22-17-14-12-13-16-19-25(28)29-22/h8-9,11-12,14-15,20-24,27H,7,10,13,16-19H2,1-6H3/b9-8-,14-12-,15-11-,21-20-/t22-,23-,24-/m0/s1. The number of hydrogen-bond donors (Lipinski definition) is 1. The van der Waals surface area contributed by atoms with Crippen LogP contribution in [0.15, 0.2) is 48.6 Å². The van der Waals surface area contributed by atoms with Gasteiger partial charge in [-0.1, -0.05) is 70.2 Å². The molecule has 0 fully saturated rings. The molecule has 0 saturated carbocycles. The van der Waals surface area contributed by atoms with Crippen molar-refractivity contribution in [3.8, 4) is 0 Å². The molecule has 176 valence electrons. The molecule has 0 aromatic carbocycles. The number of allylic oxidation sites excluding steroid dienone is 4. The Morgan fingerprint density at radius 2 is 1.94 bits per heavy atom. The minimum absolute atomic E-state index is 0.0559. The summed E-state index contributed by atoms with van der Waals surface area (Å²) in [7, 11) is -2.05. The summed E-state index contributed by atoms with van der Waals surface area (Å²) in [4.78, 5) is 11.9. The van der Waals surface area contributed by atoms with E-state index in [4.69, 9.17) is 9.16 Å². The van der Waals surface area contributed by atoms with Gasteiger partial charge in [-0.25, -0.2) is 0 Å². The first-order valence-electron chi connectivity index (χ1n) is 11.8. The second kappa shape index (κ2) is 13.9. The highest BCUT2D eigenvalue weighted by Crippen LogP contribution is 2.38. The SMILES string of the molecule is CC/C=C\C/C=C\C[C@H](O[Si](C)(C)C(C)(C)C)[C@@H](O)/C=C\[C@@H]1C/C=C\CCCC(=O)O1. The third-order valence-corrected chi connectivity index (χ3v) is 10.4. The van der Waals surface area contributed by atoms with Crippen LogP contribution in [0.4, 0.5) is 0 Å². The van der Waals surface area contributed by atoms with Crippen molar-refractivity contribution >= 4 is 14.3 Å². The number of esters is 1. The third-order valence-electron chi connectivity index (χ3n) is 5.94. The lowest BCUT2D eigenvalue weighted by atomic mass is 10.1. The number of carbonyl (C=O) groups is 1. The number of cyclic esters (lactones) is 1. The minimum atomic E-state index is -2.05. The first kappa shape index (κ1) is 27.6. The fraction of sp³-hybridized carbons (Fsp3) is 0.654. The molecule has 3 atom stereocenters. The van der Waals surface area contributed by atoms with Crippen molar-refractivity contribution in [2.24, 2.45) is 0 Å². The van der Waals surface area contributed by atoms with Gasteiger partial charge >= 0.3 is 5.97 Å². The number of aliphatic hydroxyl groups excluding tert-OH is 1. The molecule has 0 spiro atoms. The first-order chi connectivity index (χ1) is 14.6. The maximum Gasteiger partial charge on any atom is 0.306 e. The topological polar surface area (TPSA) is 55.8 Å². The van der Waals surface area contributed by atoms with E-state index < -0.39 is 14.4 Å². The third kappa shape index (κ3) is 11.1. The summed E-state index contributed by atoms with van der Waals surface area (Å²) in [6.45, 7) is 13.1. The molecule has 1 aliphatic rings. The summed E-state index contributed by atoms with van der Waals surface area (Å²) in [6, 6.07) is 0. The molecule has 0 aromatic rings. The average Bonchev–Trinajstić information content (AvgIpc) is 2.78. The molecule has 5 heteroatoms. The molecule has 0 aliphatic carbocycles. The van der Waals surface area contributed by atoms with Crippen molar-refractivity contribution in [2.45, 2.75) is 109 Å². The average molecular weight is 449 g/mol. The molecule has 31 heavy (non-hydrogen) atoms. The summed E-state index contributed by atoms with van der Waals surface area (Å²) in [5.41, 5.74) is 0. The van der Waals surface area contributed by atoms with E-state index in [1.165, 1.54) is 0 Å². The van der Waals surface area contributed by atoms with Gasteiger partial charge in [-0.2, -0.15) is 0 Å². The molecule has 0 saturated heterocycles. The number of rotatable bonds is 10. The molecule has 4 nitrogen and oxygen atoms in total. The van der Waals surface area contributed by atoms with Crippen molar-refractivity contribution in [2.75, 3.05) is 0 Å². The normalized spacial score (nSPS) is 22.3. The summed E-state index contributed by atoms with van der Waals surface area (Å²) in [5, 5.41) is 11.0. The molecule has 0 amide bonds. The van der Waals surface area contributed by atoms with E-state index in [-0.39, 0.29) is 23.2 Å². The molecule has 0 radical (unpaired) electrons. The molecular formula is C26H44O4Si. The number of aliphatic hydroxyl groups is 1. The van der Waals surface area contributed by atoms with E-state index in [0.717, 1.165) is 25.7 Å². The van der Waals surface area contributed by atoms with E-state index in [9.17, 15) is 9.90 Å². The zero-order valence-corrected chi connectivity index (χ0v) is 21.5. The van der Waals surface area contributed by atoms with E-state index in [2.05, 4.69) is 77.2 Å². The van der Waals surface area contributed by atoms with E-state index in [1.807, 2.05) is 6.08 Å². The molecule has 1 aliphatic heterocycles. The van der Waals surface area contributed by atoms with Gasteiger partial charge in [-0.15, -0.1) is 0 Å². The van der Waals surface area contributed by atoms with Crippen molar-refractivity contribution in [1.82, 2.24) is 0 Å². The van der Waals surface area contributed by atoms with Crippen molar-refractivity contribution in [3.05, 3.63) is 48.6 Å². The highest BCUT2D eigenvalue weighted by Gasteiger charge is 2.40. The molecule has 0 bridgehead atoms. The van der Waals surface area contributed by atoms with Gasteiger partial charge in [0.15, 0.2) is 8.32 Å². The van der Waals surface area contributed by atoms with Crippen LogP contribution in [0.1, 0.15) is 72.6 Å². The largest absolute Gasteiger partial charge is 0.458 e. The Hall–Kier alpha value is -1.43. The first-order valence-corrected chi connectivity index (χ1v) is 14.7. The quantitative estimate of drug-likeness (QED) is 0.231. The van der Waals surface area contributed by atoms with Gasteiger partial charge in [0.2, 0.25) is 0 Å². The van der Waals surface area contributed by atoms with Crippen LogP contribution < -0.4 is 0 Å². The zero-order valence-electron chi connectivity index (χ0n) is 20.5. The fourth-order valence-corrected chi connectivity index (χ4v) is 4.29. The molecule has 0 aromatic heterocycles. The predicted molar refractivity (Wildman–Crippen MR) is 133 cm³/mol. The van der Waals surface area contributed by atoms with Gasteiger partial charge in [0, 0.05) is 12.8 Å². The second-order valence-electron chi connectivity index (χ2n) is 9.74. The fourth-order valence-electron chi connectivity index (χ4n) is 2.95. The number of hydrogen-bond acceptors (Lipinski definition) is 4. The van der Waals surface area contributed by atoms with Gasteiger partial charge in [0.25, 0.3) is 0 Å². The van der Waals surface area contributed by atoms with Gasteiger partial charge in [-0.3, -0.25) is 4.79 Å². The highest BCUT2D eigenvalue weighted by molar-refractivity contribution is 6.74. The van der Waals surface area contributed by atoms with Crippen LogP contribution in [-0.4, -0.2) is 37.7 Å². The van der Waals surface area contributed by atoms with Gasteiger partial charge < -0.3 is 14.3 Å². The van der Waals surface area contributed by atoms with Crippen LogP contribution in [0, 0.1) is 0 Å². The predicted octanol–water partition coefficient (Wildman–Crippen LogP) is 6.64. The molecule has 1 rings (SSSR count). The van der Waals surface area contributed by atoms with E-state index in [0.29, 0.717) is 19.3 Å². The Kier molecular flexibility index (Phi) is 12.3. The summed E-state index contributed by atoms with van der Waals surface area (Å²) in [6.07, 6.45) is 20.1. The van der Waals surface area contributed by atoms with Gasteiger partial charge in [-0.05, 0) is 56.3 Å². The molecule has 1 heterocycles. The molecule has 0 unspecified atom stereocenters. The maximum atomic E-state index is 11.9. The van der Waals surface area contributed by atoms with Crippen LogP contribution >= 0.6 is 0 Å². The highest BCUT2D eigenvalue weighted by atomic mass is 28.4. The van der Waals surface area contributed by atoms with E-state index in [1.54, 1.807) is 6.08 Å². The Labute approximate surface area is 191 Å². The van der Waals surface area contributed by atoms with Crippen molar-refractivity contribution in [3.63, 3.8) is 0 Å².